The molecule has 0 spiro atoms. The van der Waals surface area contributed by atoms with Crippen molar-refractivity contribution in [1.29, 1.82) is 0 Å². The molecule has 0 aliphatic carbocycles. The Hall–Kier alpha value is -0.930. The molecule has 1 aromatic rings. The Kier molecular flexibility index (Phi) is 5.76. The van der Waals surface area contributed by atoms with Gasteiger partial charge in [0.2, 0.25) is 0 Å². The van der Waals surface area contributed by atoms with Crippen molar-refractivity contribution in [2.45, 2.75) is 51.7 Å². The lowest BCUT2D eigenvalue weighted by atomic mass is 9.95. The van der Waals surface area contributed by atoms with Crippen LogP contribution in [0.2, 0.25) is 0 Å². The highest BCUT2D eigenvalue weighted by molar-refractivity contribution is 5.14. The number of ether oxygens (including phenoxy) is 1. The maximum Gasteiger partial charge on any atom is 0.0637 e. The topological polar surface area (TPSA) is 34.1 Å². The number of pyridine rings is 1. The van der Waals surface area contributed by atoms with E-state index in [1.54, 1.807) is 7.11 Å². The number of nitrogens with one attached hydrogen (secondary N) is 1. The van der Waals surface area contributed by atoms with E-state index in [1.165, 1.54) is 5.56 Å². The summed E-state index contributed by atoms with van der Waals surface area (Å²) in [5.74, 6) is 0. The van der Waals surface area contributed by atoms with Crippen LogP contribution in [0.1, 0.15) is 38.4 Å². The fourth-order valence-electron chi connectivity index (χ4n) is 1.99. The molecule has 0 amide bonds. The van der Waals surface area contributed by atoms with E-state index >= 15 is 0 Å². The van der Waals surface area contributed by atoms with Crippen molar-refractivity contribution in [1.82, 2.24) is 10.3 Å². The summed E-state index contributed by atoms with van der Waals surface area (Å²) in [4.78, 5) is 4.51. The summed E-state index contributed by atoms with van der Waals surface area (Å²) in [5.41, 5.74) is 2.33. The van der Waals surface area contributed by atoms with E-state index in [9.17, 15) is 0 Å². The second-order valence-corrected chi connectivity index (χ2v) is 5.37. The van der Waals surface area contributed by atoms with Gasteiger partial charge in [0.15, 0.2) is 0 Å². The van der Waals surface area contributed by atoms with Crippen molar-refractivity contribution in [3.8, 4) is 0 Å². The summed E-state index contributed by atoms with van der Waals surface area (Å²) in [6.07, 6.45) is 4.92. The van der Waals surface area contributed by atoms with Crippen molar-refractivity contribution >= 4 is 0 Å². The highest BCUT2D eigenvalue weighted by atomic mass is 16.5. The van der Waals surface area contributed by atoms with E-state index in [0.717, 1.165) is 25.0 Å². The summed E-state index contributed by atoms with van der Waals surface area (Å²) in [5, 5.41) is 3.35. The van der Waals surface area contributed by atoms with E-state index < -0.39 is 0 Å². The quantitative estimate of drug-likeness (QED) is 0.807. The van der Waals surface area contributed by atoms with Crippen molar-refractivity contribution in [2.75, 3.05) is 14.2 Å². The van der Waals surface area contributed by atoms with Crippen molar-refractivity contribution in [3.63, 3.8) is 0 Å². The third-order valence-corrected chi connectivity index (χ3v) is 3.45. The van der Waals surface area contributed by atoms with E-state index in [4.69, 9.17) is 4.74 Å². The standard InChI is InChI=1S/C15H26N2O/c1-6-12-7-8-13(17-11-12)9-14(16-4)10-15(2,3)18-5/h7-8,11,14,16H,6,9-10H2,1-5H3. The molecule has 3 nitrogen and oxygen atoms in total. The van der Waals surface area contributed by atoms with Gasteiger partial charge >= 0.3 is 0 Å². The molecule has 3 heteroatoms. The van der Waals surface area contributed by atoms with Gasteiger partial charge in [-0.2, -0.15) is 0 Å². The summed E-state index contributed by atoms with van der Waals surface area (Å²) in [7, 11) is 3.76. The second-order valence-electron chi connectivity index (χ2n) is 5.37. The van der Waals surface area contributed by atoms with Crippen LogP contribution in [0.25, 0.3) is 0 Å². The molecule has 0 aliphatic heterocycles. The van der Waals surface area contributed by atoms with Gasteiger partial charge in [-0.15, -0.1) is 0 Å². The van der Waals surface area contributed by atoms with Gasteiger partial charge in [-0.25, -0.2) is 0 Å². The van der Waals surface area contributed by atoms with Crippen molar-refractivity contribution in [2.24, 2.45) is 0 Å². The van der Waals surface area contributed by atoms with Crippen LogP contribution in [0.4, 0.5) is 0 Å². The zero-order valence-electron chi connectivity index (χ0n) is 12.3. The molecule has 0 fully saturated rings. The third-order valence-electron chi connectivity index (χ3n) is 3.45. The molecule has 0 aliphatic rings. The number of methoxy groups -OCH3 is 1. The summed E-state index contributed by atoms with van der Waals surface area (Å²) >= 11 is 0. The van der Waals surface area contributed by atoms with Gasteiger partial charge < -0.3 is 10.1 Å². The predicted molar refractivity (Wildman–Crippen MR) is 75.9 cm³/mol. The molecular weight excluding hydrogens is 224 g/mol. The van der Waals surface area contributed by atoms with Crippen LogP contribution in [-0.2, 0) is 17.6 Å². The lowest BCUT2D eigenvalue weighted by molar-refractivity contribution is 0.00766. The first-order valence-corrected chi connectivity index (χ1v) is 6.67. The normalized spacial score (nSPS) is 13.6. The molecule has 0 bridgehead atoms. The Balaban J connectivity index is 2.62. The van der Waals surface area contributed by atoms with Gasteiger partial charge in [-0.1, -0.05) is 13.0 Å². The number of likely N-dealkylation sites (N-methyl/N-ethyl adjacent to an activating group) is 1. The van der Waals surface area contributed by atoms with Crippen LogP contribution >= 0.6 is 0 Å². The fraction of sp³-hybridized carbons (Fsp3) is 0.667. The Bertz CT molecular complexity index is 346. The highest BCUT2D eigenvalue weighted by Gasteiger charge is 2.22. The van der Waals surface area contributed by atoms with E-state index in [0.29, 0.717) is 6.04 Å². The zero-order valence-corrected chi connectivity index (χ0v) is 12.3. The van der Waals surface area contributed by atoms with Crippen molar-refractivity contribution < 1.29 is 4.74 Å². The van der Waals surface area contributed by atoms with Gasteiger partial charge in [-0.05, 0) is 45.4 Å². The molecule has 0 saturated heterocycles. The number of aryl methyl sites for hydroxylation is 1. The van der Waals surface area contributed by atoms with E-state index in [-0.39, 0.29) is 5.60 Å². The summed E-state index contributed by atoms with van der Waals surface area (Å²) in [6.45, 7) is 6.38. The predicted octanol–water partition coefficient (Wildman–Crippen LogP) is 2.59. The van der Waals surface area contributed by atoms with Gasteiger partial charge in [0.25, 0.3) is 0 Å². The minimum absolute atomic E-state index is 0.100. The molecule has 1 aromatic heterocycles. The van der Waals surface area contributed by atoms with Crippen molar-refractivity contribution in [3.05, 3.63) is 29.6 Å². The van der Waals surface area contributed by atoms with E-state index in [1.807, 2.05) is 13.2 Å². The first-order valence-electron chi connectivity index (χ1n) is 6.67. The number of aromatic nitrogens is 1. The van der Waals surface area contributed by atoms with Crippen LogP contribution in [0.3, 0.4) is 0 Å². The molecule has 0 radical (unpaired) electrons. The lowest BCUT2D eigenvalue weighted by Gasteiger charge is -2.28. The summed E-state index contributed by atoms with van der Waals surface area (Å²) in [6, 6.07) is 4.68. The van der Waals surface area contributed by atoms with Crippen LogP contribution in [0.15, 0.2) is 18.3 Å². The molecule has 0 saturated carbocycles. The van der Waals surface area contributed by atoms with Gasteiger partial charge in [0.05, 0.1) is 5.60 Å². The number of rotatable bonds is 7. The van der Waals surface area contributed by atoms with Crippen LogP contribution in [-0.4, -0.2) is 30.8 Å². The second kappa shape index (κ2) is 6.86. The maximum absolute atomic E-state index is 5.48. The highest BCUT2D eigenvalue weighted by Crippen LogP contribution is 2.17. The fourth-order valence-corrected chi connectivity index (χ4v) is 1.99. The van der Waals surface area contributed by atoms with Gasteiger partial charge in [-0.3, -0.25) is 4.98 Å². The average Bonchev–Trinajstić information content (AvgIpc) is 2.38. The smallest absolute Gasteiger partial charge is 0.0637 e. The molecule has 0 aromatic carbocycles. The molecular formula is C15H26N2O. The maximum atomic E-state index is 5.48. The average molecular weight is 250 g/mol. The first-order chi connectivity index (χ1) is 8.50. The minimum atomic E-state index is -0.100. The van der Waals surface area contributed by atoms with Crippen LogP contribution < -0.4 is 5.32 Å². The van der Waals surface area contributed by atoms with E-state index in [2.05, 4.69) is 43.2 Å². The Morgan fingerprint density at radius 3 is 2.56 bits per heavy atom. The molecule has 1 heterocycles. The molecule has 102 valence electrons. The Morgan fingerprint density at radius 2 is 2.11 bits per heavy atom. The Morgan fingerprint density at radius 1 is 1.39 bits per heavy atom. The Labute approximate surface area is 111 Å². The number of nitrogens with zero attached hydrogens (tertiary/aromatic N) is 1. The molecule has 1 rings (SSSR count). The van der Waals surface area contributed by atoms with Gasteiger partial charge in [0.1, 0.15) is 0 Å². The largest absolute Gasteiger partial charge is 0.379 e. The molecule has 18 heavy (non-hydrogen) atoms. The molecule has 1 unspecified atom stereocenters. The van der Waals surface area contributed by atoms with Crippen LogP contribution in [0.5, 0.6) is 0 Å². The first kappa shape index (κ1) is 15.1. The molecule has 1 atom stereocenters. The van der Waals surface area contributed by atoms with Gasteiger partial charge in [0, 0.05) is 31.5 Å². The number of hydrogen-bond donors (Lipinski definition) is 1. The SMILES string of the molecule is CCc1ccc(CC(CC(C)(C)OC)NC)nc1. The zero-order chi connectivity index (χ0) is 13.6. The van der Waals surface area contributed by atoms with Crippen LogP contribution in [0, 0.1) is 0 Å². The third kappa shape index (κ3) is 4.75. The monoisotopic (exact) mass is 250 g/mol. The minimum Gasteiger partial charge on any atom is -0.379 e. The number of hydrogen-bond acceptors (Lipinski definition) is 3. The lowest BCUT2D eigenvalue weighted by Crippen LogP contribution is -2.37. The summed E-state index contributed by atoms with van der Waals surface area (Å²) < 4.78 is 5.48. The molecule has 1 N–H and O–H groups in total.